The van der Waals surface area contributed by atoms with Gasteiger partial charge < -0.3 is 19.5 Å². The summed E-state index contributed by atoms with van der Waals surface area (Å²) in [6.45, 7) is 7.34. The first-order chi connectivity index (χ1) is 13.6. The van der Waals surface area contributed by atoms with Crippen LogP contribution in [0.4, 0.5) is 13.2 Å². The van der Waals surface area contributed by atoms with Crippen LogP contribution in [0, 0.1) is 6.92 Å². The van der Waals surface area contributed by atoms with Crippen molar-refractivity contribution in [2.45, 2.75) is 44.2 Å². The van der Waals surface area contributed by atoms with Crippen molar-refractivity contribution >= 4 is 11.9 Å². The predicted molar refractivity (Wildman–Crippen MR) is 96.4 cm³/mol. The molecule has 1 aromatic heterocycles. The van der Waals surface area contributed by atoms with Crippen LogP contribution in [-0.2, 0) is 14.3 Å². The minimum atomic E-state index is -5.08. The van der Waals surface area contributed by atoms with Crippen LogP contribution >= 0.6 is 0 Å². The molecule has 2 saturated heterocycles. The summed E-state index contributed by atoms with van der Waals surface area (Å²) in [4.78, 5) is 27.9. The first kappa shape index (κ1) is 22.8. The maximum atomic E-state index is 12.8. The summed E-state index contributed by atoms with van der Waals surface area (Å²) in [6.07, 6.45) is -1.56. The van der Waals surface area contributed by atoms with Crippen LogP contribution in [0.3, 0.4) is 0 Å². The molecule has 2 aliphatic rings. The fourth-order valence-corrected chi connectivity index (χ4v) is 3.29. The van der Waals surface area contributed by atoms with Crippen molar-refractivity contribution in [2.24, 2.45) is 0 Å². The van der Waals surface area contributed by atoms with E-state index in [0.717, 1.165) is 25.1 Å². The van der Waals surface area contributed by atoms with E-state index in [2.05, 4.69) is 11.6 Å². The lowest BCUT2D eigenvalue weighted by atomic mass is 10.0. The Kier molecular flexibility index (Phi) is 7.74. The highest BCUT2D eigenvalue weighted by atomic mass is 19.4. The zero-order valence-electron chi connectivity index (χ0n) is 15.9. The number of ether oxygens (including phenoxy) is 2. The summed E-state index contributed by atoms with van der Waals surface area (Å²) in [6, 6.07) is 5.61. The molecule has 160 valence electrons. The summed E-state index contributed by atoms with van der Waals surface area (Å²) in [7, 11) is 0. The van der Waals surface area contributed by atoms with Crippen molar-refractivity contribution < 1.29 is 37.3 Å². The van der Waals surface area contributed by atoms with E-state index in [1.807, 2.05) is 24.0 Å². The number of hydrogen-bond donors (Lipinski definition) is 1. The number of alkyl halides is 3. The van der Waals surface area contributed by atoms with Crippen molar-refractivity contribution in [1.29, 1.82) is 0 Å². The second-order valence-corrected chi connectivity index (χ2v) is 6.63. The molecule has 10 heteroatoms. The minimum Gasteiger partial charge on any atom is -0.475 e. The van der Waals surface area contributed by atoms with Gasteiger partial charge in [-0.05, 0) is 31.9 Å². The Balaban J connectivity index is 0.000000370. The molecule has 0 aromatic carbocycles. The number of rotatable bonds is 4. The van der Waals surface area contributed by atoms with E-state index >= 15 is 0 Å². The molecule has 0 saturated carbocycles. The number of hydrogen-bond acceptors (Lipinski definition) is 5. The summed E-state index contributed by atoms with van der Waals surface area (Å²) >= 11 is 0. The smallest absolute Gasteiger partial charge is 0.475 e. The topological polar surface area (TPSA) is 89.0 Å². The van der Waals surface area contributed by atoms with E-state index in [4.69, 9.17) is 19.4 Å². The molecule has 3 atom stereocenters. The van der Waals surface area contributed by atoms with E-state index in [0.29, 0.717) is 18.8 Å². The maximum Gasteiger partial charge on any atom is 0.490 e. The number of carboxylic acids is 1. The fraction of sp³-hybridized carbons (Fsp3) is 0.526. The molecule has 1 N–H and O–H groups in total. The number of aliphatic carboxylic acids is 1. The van der Waals surface area contributed by atoms with Gasteiger partial charge in [-0.2, -0.15) is 13.2 Å². The molecular weight excluding hydrogens is 393 g/mol. The molecule has 1 aromatic rings. The Bertz CT molecular complexity index is 741. The normalized spacial score (nSPS) is 23.6. The Morgan fingerprint density at radius 2 is 2.14 bits per heavy atom. The minimum absolute atomic E-state index is 0.0334. The number of nitrogens with zero attached hydrogens (tertiary/aromatic N) is 2. The number of aromatic nitrogens is 1. The van der Waals surface area contributed by atoms with Crippen LogP contribution < -0.4 is 0 Å². The zero-order valence-corrected chi connectivity index (χ0v) is 15.9. The molecule has 7 nitrogen and oxygen atoms in total. The number of carboxylic acid groups (broad SMARTS) is 1. The SMILES string of the molecule is C=CCO[C@@H]1CN(C(=O)c2cccc(C)n2)[C@@H]2CCCO[C@@H]21.O=C(O)C(F)(F)F. The van der Waals surface area contributed by atoms with E-state index < -0.39 is 12.1 Å². The number of fused-ring (bicyclic) bond motifs is 1. The van der Waals surface area contributed by atoms with Gasteiger partial charge in [-0.1, -0.05) is 12.1 Å². The quantitative estimate of drug-likeness (QED) is 0.759. The highest BCUT2D eigenvalue weighted by Crippen LogP contribution is 2.31. The van der Waals surface area contributed by atoms with Gasteiger partial charge in [0.25, 0.3) is 5.91 Å². The van der Waals surface area contributed by atoms with E-state index in [-0.39, 0.29) is 24.2 Å². The Morgan fingerprint density at radius 1 is 1.45 bits per heavy atom. The molecule has 2 aliphatic heterocycles. The van der Waals surface area contributed by atoms with Crippen LogP contribution in [0.1, 0.15) is 29.0 Å². The van der Waals surface area contributed by atoms with E-state index in [9.17, 15) is 18.0 Å². The van der Waals surface area contributed by atoms with Gasteiger partial charge in [0.05, 0.1) is 19.2 Å². The predicted octanol–water partition coefficient (Wildman–Crippen LogP) is 2.60. The third kappa shape index (κ3) is 6.01. The van der Waals surface area contributed by atoms with Crippen LogP contribution in [0.15, 0.2) is 30.9 Å². The lowest BCUT2D eigenvalue weighted by Gasteiger charge is -2.32. The molecule has 0 radical (unpaired) electrons. The van der Waals surface area contributed by atoms with Gasteiger partial charge in [0.15, 0.2) is 0 Å². The van der Waals surface area contributed by atoms with Gasteiger partial charge in [0.2, 0.25) is 0 Å². The van der Waals surface area contributed by atoms with Crippen LogP contribution in [0.5, 0.6) is 0 Å². The summed E-state index contributed by atoms with van der Waals surface area (Å²) in [5.41, 5.74) is 1.34. The average molecular weight is 416 g/mol. The second-order valence-electron chi connectivity index (χ2n) is 6.63. The van der Waals surface area contributed by atoms with Crippen molar-refractivity contribution in [3.8, 4) is 0 Å². The van der Waals surface area contributed by atoms with Crippen LogP contribution in [-0.4, -0.2) is 71.1 Å². The van der Waals surface area contributed by atoms with Crippen LogP contribution in [0.2, 0.25) is 0 Å². The molecule has 29 heavy (non-hydrogen) atoms. The zero-order chi connectivity index (χ0) is 21.6. The largest absolute Gasteiger partial charge is 0.490 e. The molecule has 0 unspecified atom stereocenters. The Hall–Kier alpha value is -2.46. The van der Waals surface area contributed by atoms with Crippen LogP contribution in [0.25, 0.3) is 0 Å². The van der Waals surface area contributed by atoms with Crippen molar-refractivity contribution in [2.75, 3.05) is 19.8 Å². The highest BCUT2D eigenvalue weighted by Gasteiger charge is 2.47. The van der Waals surface area contributed by atoms with E-state index in [1.165, 1.54) is 0 Å². The van der Waals surface area contributed by atoms with Gasteiger partial charge in [-0.15, -0.1) is 6.58 Å². The van der Waals surface area contributed by atoms with Crippen molar-refractivity contribution in [3.05, 3.63) is 42.2 Å². The lowest BCUT2D eigenvalue weighted by Crippen LogP contribution is -2.44. The molecule has 0 spiro atoms. The lowest BCUT2D eigenvalue weighted by molar-refractivity contribution is -0.192. The number of amides is 1. The molecule has 3 rings (SSSR count). The molecule has 2 fully saturated rings. The monoisotopic (exact) mass is 416 g/mol. The maximum absolute atomic E-state index is 12.8. The number of pyridine rings is 1. The van der Waals surface area contributed by atoms with Gasteiger partial charge in [-0.3, -0.25) is 4.79 Å². The first-order valence-electron chi connectivity index (χ1n) is 9.04. The Morgan fingerprint density at radius 3 is 2.72 bits per heavy atom. The summed E-state index contributed by atoms with van der Waals surface area (Å²) in [5.74, 6) is -2.79. The van der Waals surface area contributed by atoms with Gasteiger partial charge in [-0.25, -0.2) is 9.78 Å². The highest BCUT2D eigenvalue weighted by molar-refractivity contribution is 5.93. The third-order valence-corrected chi connectivity index (χ3v) is 4.52. The summed E-state index contributed by atoms with van der Waals surface area (Å²) < 4.78 is 43.4. The molecule has 3 heterocycles. The first-order valence-corrected chi connectivity index (χ1v) is 9.04. The van der Waals surface area contributed by atoms with Crippen molar-refractivity contribution in [1.82, 2.24) is 9.88 Å². The van der Waals surface area contributed by atoms with Gasteiger partial charge in [0.1, 0.15) is 17.9 Å². The summed E-state index contributed by atoms with van der Waals surface area (Å²) in [5, 5.41) is 7.12. The molecule has 0 bridgehead atoms. The number of halogens is 3. The molecule has 1 amide bonds. The van der Waals surface area contributed by atoms with Gasteiger partial charge in [0, 0.05) is 12.3 Å². The van der Waals surface area contributed by atoms with Crippen molar-refractivity contribution in [3.63, 3.8) is 0 Å². The van der Waals surface area contributed by atoms with Gasteiger partial charge >= 0.3 is 12.1 Å². The average Bonchev–Trinajstić information content (AvgIpc) is 3.04. The molecular formula is C19H23F3N2O5. The number of carbonyl (C=O) groups excluding carboxylic acids is 1. The standard InChI is InChI=1S/C17H22N2O3.C2HF3O2/c1-3-9-21-15-11-19(14-8-5-10-22-16(14)15)17(20)13-7-4-6-12(2)18-13;3-2(4,5)1(6)7/h3-4,6-7,14-16H,1,5,8-11H2,2H3;(H,6,7)/t14-,15-,16+;/m1./s1. The number of carbonyl (C=O) groups is 2. The number of likely N-dealkylation sites (tertiary alicyclic amines) is 1. The fourth-order valence-electron chi connectivity index (χ4n) is 3.29. The molecule has 0 aliphatic carbocycles. The Labute approximate surface area is 166 Å². The van der Waals surface area contributed by atoms with E-state index in [1.54, 1.807) is 12.1 Å². The third-order valence-electron chi connectivity index (χ3n) is 4.52. The number of aryl methyl sites for hydroxylation is 1. The second kappa shape index (κ2) is 9.84.